The maximum atomic E-state index is 5.50. The molecule has 1 aliphatic rings. The number of nitrogens with one attached hydrogen (secondary N) is 1. The monoisotopic (exact) mass is 161 g/mol. The number of aromatic nitrogens is 2. The molecule has 1 aliphatic heterocycles. The molecular weight excluding hydrogens is 153 g/mol. The number of hydrogen-bond donors (Lipinski definition) is 2. The van der Waals surface area contributed by atoms with Crippen molar-refractivity contribution in [3.8, 4) is 0 Å². The van der Waals surface area contributed by atoms with Crippen LogP contribution in [0, 0.1) is 0 Å². The molecular formula is C6H8BN5. The predicted molar refractivity (Wildman–Crippen MR) is 48.0 cm³/mol. The molecule has 0 saturated heterocycles. The Balaban J connectivity index is 2.65. The van der Waals surface area contributed by atoms with E-state index in [-0.39, 0.29) is 0 Å². The number of nitrogens with zero attached hydrogens (tertiary/aromatic N) is 3. The molecule has 60 valence electrons. The fourth-order valence-corrected chi connectivity index (χ4v) is 1.12. The predicted octanol–water partition coefficient (Wildman–Crippen LogP) is -0.722. The Bertz CT molecular complexity index is 377. The van der Waals surface area contributed by atoms with Gasteiger partial charge in [-0.3, -0.25) is 0 Å². The van der Waals surface area contributed by atoms with E-state index in [2.05, 4.69) is 21.8 Å². The number of nitrogens with two attached hydrogens (primary N) is 1. The van der Waals surface area contributed by atoms with E-state index in [4.69, 9.17) is 5.73 Å². The molecule has 3 N–H and O–H groups in total. The molecule has 0 radical (unpaired) electrons. The summed E-state index contributed by atoms with van der Waals surface area (Å²) in [6, 6.07) is 0. The molecule has 2 heterocycles. The van der Waals surface area contributed by atoms with Gasteiger partial charge in [-0.15, -0.1) is 0 Å². The van der Waals surface area contributed by atoms with Gasteiger partial charge >= 0.3 is 69.4 Å². The second-order valence-electron chi connectivity index (χ2n) is 2.63. The summed E-state index contributed by atoms with van der Waals surface area (Å²) in [6.45, 7) is 3.77. The molecule has 0 amide bonds. The van der Waals surface area contributed by atoms with Crippen molar-refractivity contribution >= 4 is 24.7 Å². The first-order valence-electron chi connectivity index (χ1n) is 3.50. The number of aliphatic imine (C=N–C) groups is 1. The van der Waals surface area contributed by atoms with Gasteiger partial charge in [0.05, 0.1) is 0 Å². The molecule has 2 rings (SSSR count). The standard InChI is InChI=1S/C6H8BN5/c1-3-4-5(10-6(8)9-3)12(2)7-11-4/h1H2,2H3,(H3,8,9,10). The summed E-state index contributed by atoms with van der Waals surface area (Å²) >= 11 is 0. The van der Waals surface area contributed by atoms with Crippen LogP contribution in [-0.2, 0) is 7.05 Å². The second-order valence-corrected chi connectivity index (χ2v) is 2.63. The molecule has 0 spiro atoms. The molecule has 0 aromatic carbocycles. The van der Waals surface area contributed by atoms with Gasteiger partial charge in [0.15, 0.2) is 0 Å². The second kappa shape index (κ2) is 2.20. The SMILES string of the molecule is C=C1NC(N)=Nc2c1nbn2C. The number of fused-ring (bicyclic) bond motifs is 1. The van der Waals surface area contributed by atoms with Crippen LogP contribution in [0.15, 0.2) is 11.6 Å². The summed E-state index contributed by atoms with van der Waals surface area (Å²) in [6.07, 6.45) is 0. The van der Waals surface area contributed by atoms with E-state index in [1.54, 1.807) is 11.7 Å². The van der Waals surface area contributed by atoms with E-state index >= 15 is 0 Å². The van der Waals surface area contributed by atoms with E-state index in [0.717, 1.165) is 11.5 Å². The first-order valence-corrected chi connectivity index (χ1v) is 3.50. The van der Waals surface area contributed by atoms with Crippen LogP contribution in [0.3, 0.4) is 0 Å². The number of guanidine groups is 1. The van der Waals surface area contributed by atoms with Crippen LogP contribution in [0.2, 0.25) is 0 Å². The number of aryl methyl sites for hydroxylation is 1. The molecule has 1 aromatic rings. The van der Waals surface area contributed by atoms with Crippen LogP contribution >= 0.6 is 0 Å². The molecule has 5 nitrogen and oxygen atoms in total. The first-order chi connectivity index (χ1) is 5.68. The summed E-state index contributed by atoms with van der Waals surface area (Å²) in [7, 11) is 3.54. The Morgan fingerprint density at radius 3 is 3.17 bits per heavy atom. The molecule has 12 heavy (non-hydrogen) atoms. The molecule has 0 saturated carbocycles. The number of hydrogen-bond acceptors (Lipinski definition) is 4. The average molecular weight is 161 g/mol. The Kier molecular flexibility index (Phi) is 1.30. The van der Waals surface area contributed by atoms with Crippen LogP contribution < -0.4 is 11.1 Å². The molecule has 0 bridgehead atoms. The minimum absolute atomic E-state index is 0.358. The van der Waals surface area contributed by atoms with Gasteiger partial charge in [-0.2, -0.15) is 0 Å². The van der Waals surface area contributed by atoms with Gasteiger partial charge in [0.25, 0.3) is 0 Å². The quantitative estimate of drug-likeness (QED) is 0.527. The Morgan fingerprint density at radius 2 is 2.42 bits per heavy atom. The van der Waals surface area contributed by atoms with Crippen LogP contribution in [0.25, 0.3) is 5.70 Å². The van der Waals surface area contributed by atoms with Crippen molar-refractivity contribution in [1.29, 1.82) is 0 Å². The molecule has 0 unspecified atom stereocenters. The van der Waals surface area contributed by atoms with Gasteiger partial charge in [0.2, 0.25) is 0 Å². The van der Waals surface area contributed by atoms with Crippen molar-refractivity contribution < 1.29 is 0 Å². The third-order valence-electron chi connectivity index (χ3n) is 1.70. The zero-order valence-electron chi connectivity index (χ0n) is 6.70. The molecule has 6 heteroatoms. The maximum absolute atomic E-state index is 5.50. The minimum atomic E-state index is 0.358. The Hall–Kier alpha value is -1.59. The normalized spacial score (nSPS) is 14.8. The topological polar surface area (TPSA) is 68.2 Å². The Morgan fingerprint density at radius 1 is 1.67 bits per heavy atom. The van der Waals surface area contributed by atoms with Crippen molar-refractivity contribution in [3.05, 3.63) is 12.3 Å². The third-order valence-corrected chi connectivity index (χ3v) is 1.70. The average Bonchev–Trinajstić information content (AvgIpc) is 2.33. The van der Waals surface area contributed by atoms with Gasteiger partial charge in [-0.05, 0) is 0 Å². The summed E-state index contributed by atoms with van der Waals surface area (Å²) in [4.78, 5) is 8.19. The number of rotatable bonds is 0. The van der Waals surface area contributed by atoms with Crippen molar-refractivity contribution in [3.63, 3.8) is 0 Å². The van der Waals surface area contributed by atoms with Crippen LogP contribution in [0.4, 0.5) is 5.82 Å². The molecule has 0 fully saturated rings. The Labute approximate surface area is 70.3 Å². The van der Waals surface area contributed by atoms with E-state index < -0.39 is 0 Å². The van der Waals surface area contributed by atoms with Gasteiger partial charge in [-0.25, -0.2) is 0 Å². The van der Waals surface area contributed by atoms with Gasteiger partial charge in [0, 0.05) is 0 Å². The first kappa shape index (κ1) is 7.09. The van der Waals surface area contributed by atoms with Crippen molar-refractivity contribution in [2.24, 2.45) is 17.8 Å². The zero-order chi connectivity index (χ0) is 8.72. The third kappa shape index (κ3) is 0.844. The van der Waals surface area contributed by atoms with Crippen LogP contribution in [0.1, 0.15) is 5.69 Å². The van der Waals surface area contributed by atoms with E-state index in [0.29, 0.717) is 11.7 Å². The van der Waals surface area contributed by atoms with Gasteiger partial charge in [-0.1, -0.05) is 0 Å². The summed E-state index contributed by atoms with van der Waals surface area (Å²) in [5.74, 6) is 1.10. The van der Waals surface area contributed by atoms with Crippen molar-refractivity contribution in [2.75, 3.05) is 0 Å². The molecule has 0 atom stereocenters. The van der Waals surface area contributed by atoms with Crippen LogP contribution in [-0.4, -0.2) is 22.5 Å². The van der Waals surface area contributed by atoms with E-state index in [9.17, 15) is 0 Å². The van der Waals surface area contributed by atoms with Crippen LogP contribution in [0.5, 0.6) is 0 Å². The van der Waals surface area contributed by atoms with Gasteiger partial charge in [0.1, 0.15) is 0 Å². The fourth-order valence-electron chi connectivity index (χ4n) is 1.12. The summed E-state index contributed by atoms with van der Waals surface area (Å²) in [5, 5.41) is 2.81. The fraction of sp³-hybridized carbons (Fsp3) is 0.167. The van der Waals surface area contributed by atoms with E-state index in [1.165, 1.54) is 0 Å². The summed E-state index contributed by atoms with van der Waals surface area (Å²) in [5.41, 5.74) is 6.95. The molecule has 1 aromatic heterocycles. The van der Waals surface area contributed by atoms with E-state index in [1.807, 2.05) is 7.05 Å². The zero-order valence-corrected chi connectivity index (χ0v) is 6.70. The van der Waals surface area contributed by atoms with Crippen molar-refractivity contribution in [2.45, 2.75) is 0 Å². The summed E-state index contributed by atoms with van der Waals surface area (Å²) < 4.78 is 1.80. The van der Waals surface area contributed by atoms with Gasteiger partial charge < -0.3 is 0 Å². The molecule has 0 aliphatic carbocycles. The van der Waals surface area contributed by atoms with Crippen molar-refractivity contribution in [1.82, 2.24) is 14.7 Å².